The number of carbonyl (C=O) groups excluding carboxylic acids is 1. The smallest absolute Gasteiger partial charge is 0.550 e. The van der Waals surface area contributed by atoms with Gasteiger partial charge in [-0.2, -0.15) is 0 Å². The minimum Gasteiger partial charge on any atom is -0.550 e. The molecule has 0 aliphatic carbocycles. The number of ether oxygens (including phenoxy) is 1. The Labute approximate surface area is 112 Å². The van der Waals surface area contributed by atoms with Crippen LogP contribution in [0.3, 0.4) is 0 Å². The zero-order chi connectivity index (χ0) is 10.4. The molecule has 4 heteroatoms. The molecule has 0 spiro atoms. The van der Waals surface area contributed by atoms with Gasteiger partial charge in [0.1, 0.15) is 5.75 Å². The summed E-state index contributed by atoms with van der Waals surface area (Å²) in [5.74, 6) is -0.258. The van der Waals surface area contributed by atoms with Gasteiger partial charge in [0.25, 0.3) is 0 Å². The Balaban J connectivity index is 0.00000196. The molecule has 0 saturated carbocycles. The monoisotopic (exact) mass is 216 g/mol. The number of benzene rings is 1. The largest absolute Gasteiger partial charge is 1.00 e. The topological polar surface area (TPSA) is 49.4 Å². The SMILES string of the molecule is Cc1ccc(OCCCC(=O)[O-])cc1.[Na+]. The Morgan fingerprint density at radius 3 is 2.47 bits per heavy atom. The van der Waals surface area contributed by atoms with Gasteiger partial charge in [0, 0.05) is 5.97 Å². The number of rotatable bonds is 5. The summed E-state index contributed by atoms with van der Waals surface area (Å²) in [5, 5.41) is 10.1. The van der Waals surface area contributed by atoms with Gasteiger partial charge in [-0.15, -0.1) is 0 Å². The summed E-state index contributed by atoms with van der Waals surface area (Å²) in [7, 11) is 0. The molecule has 0 amide bonds. The van der Waals surface area contributed by atoms with E-state index in [2.05, 4.69) is 0 Å². The standard InChI is InChI=1S/C11H14O3.Na/c1-9-4-6-10(7-5-9)14-8-2-3-11(12)13;/h4-7H,2-3,8H2,1H3,(H,12,13);/q;+1/p-1. The van der Waals surface area contributed by atoms with Crippen molar-refractivity contribution in [3.8, 4) is 5.75 Å². The second kappa shape index (κ2) is 7.74. The van der Waals surface area contributed by atoms with Crippen LogP contribution in [-0.2, 0) is 4.79 Å². The predicted octanol–water partition coefficient (Wildman–Crippen LogP) is -2.09. The summed E-state index contributed by atoms with van der Waals surface area (Å²) >= 11 is 0. The zero-order valence-electron chi connectivity index (χ0n) is 9.16. The van der Waals surface area contributed by atoms with Crippen LogP contribution in [0, 0.1) is 6.92 Å². The van der Waals surface area contributed by atoms with Gasteiger partial charge in [-0.25, -0.2) is 0 Å². The first-order valence-electron chi connectivity index (χ1n) is 4.58. The molecule has 0 unspecified atom stereocenters. The molecule has 1 aromatic rings. The van der Waals surface area contributed by atoms with Gasteiger partial charge in [-0.1, -0.05) is 17.7 Å². The third kappa shape index (κ3) is 6.55. The van der Waals surface area contributed by atoms with Crippen molar-refractivity contribution in [2.75, 3.05) is 6.61 Å². The molecule has 3 nitrogen and oxygen atoms in total. The molecule has 1 rings (SSSR count). The first-order valence-corrected chi connectivity index (χ1v) is 4.58. The van der Waals surface area contributed by atoms with E-state index in [9.17, 15) is 9.90 Å². The van der Waals surface area contributed by atoms with Crippen LogP contribution in [0.2, 0.25) is 0 Å². The van der Waals surface area contributed by atoms with E-state index >= 15 is 0 Å². The van der Waals surface area contributed by atoms with E-state index < -0.39 is 5.97 Å². The average molecular weight is 216 g/mol. The van der Waals surface area contributed by atoms with Crippen LogP contribution in [-0.4, -0.2) is 12.6 Å². The third-order valence-electron chi connectivity index (χ3n) is 1.81. The summed E-state index contributed by atoms with van der Waals surface area (Å²) in [6.45, 7) is 2.41. The molecule has 0 aliphatic heterocycles. The van der Waals surface area contributed by atoms with Crippen LogP contribution in [0.15, 0.2) is 24.3 Å². The number of hydrogen-bond donors (Lipinski definition) is 0. The Hall–Kier alpha value is -0.510. The summed E-state index contributed by atoms with van der Waals surface area (Å²) < 4.78 is 5.32. The fourth-order valence-corrected chi connectivity index (χ4v) is 1.04. The van der Waals surface area contributed by atoms with Crippen LogP contribution in [0.5, 0.6) is 5.75 Å². The molecule has 0 atom stereocenters. The molecule has 76 valence electrons. The van der Waals surface area contributed by atoms with E-state index in [1.807, 2.05) is 31.2 Å². The number of aryl methyl sites for hydroxylation is 1. The van der Waals surface area contributed by atoms with Crippen molar-refractivity contribution in [1.82, 2.24) is 0 Å². The normalized spacial score (nSPS) is 9.13. The number of carbonyl (C=O) groups is 1. The van der Waals surface area contributed by atoms with Crippen LogP contribution < -0.4 is 39.4 Å². The molecule has 0 fully saturated rings. The van der Waals surface area contributed by atoms with Gasteiger partial charge in [0.15, 0.2) is 0 Å². The second-order valence-corrected chi connectivity index (χ2v) is 3.14. The second-order valence-electron chi connectivity index (χ2n) is 3.14. The molecule has 0 aromatic heterocycles. The number of carboxylic acid groups (broad SMARTS) is 1. The first-order chi connectivity index (χ1) is 6.68. The number of hydrogen-bond acceptors (Lipinski definition) is 3. The molecule has 0 N–H and O–H groups in total. The molecule has 0 aliphatic rings. The molecular weight excluding hydrogens is 203 g/mol. The van der Waals surface area contributed by atoms with Crippen molar-refractivity contribution in [2.45, 2.75) is 19.8 Å². The minimum atomic E-state index is -1.03. The fourth-order valence-electron chi connectivity index (χ4n) is 1.04. The average Bonchev–Trinajstić information content (AvgIpc) is 2.15. The van der Waals surface area contributed by atoms with Crippen molar-refractivity contribution < 1.29 is 44.2 Å². The summed E-state index contributed by atoms with van der Waals surface area (Å²) in [6.07, 6.45) is 0.530. The summed E-state index contributed by atoms with van der Waals surface area (Å²) in [6, 6.07) is 7.64. The Bertz CT molecular complexity index is 295. The third-order valence-corrected chi connectivity index (χ3v) is 1.81. The van der Waals surface area contributed by atoms with Crippen molar-refractivity contribution in [3.63, 3.8) is 0 Å². The van der Waals surface area contributed by atoms with Crippen molar-refractivity contribution >= 4 is 5.97 Å². The van der Waals surface area contributed by atoms with Crippen molar-refractivity contribution in [2.24, 2.45) is 0 Å². The van der Waals surface area contributed by atoms with Gasteiger partial charge < -0.3 is 14.6 Å². The Kier molecular flexibility index (Phi) is 7.48. The van der Waals surface area contributed by atoms with Crippen LogP contribution >= 0.6 is 0 Å². The molecule has 1 aromatic carbocycles. The van der Waals surface area contributed by atoms with E-state index in [1.54, 1.807) is 0 Å². The minimum absolute atomic E-state index is 0. The van der Waals surface area contributed by atoms with Crippen molar-refractivity contribution in [3.05, 3.63) is 29.8 Å². The number of aliphatic carboxylic acids is 1. The van der Waals surface area contributed by atoms with Gasteiger partial charge >= 0.3 is 29.6 Å². The van der Waals surface area contributed by atoms with Gasteiger partial charge in [0.2, 0.25) is 0 Å². The maximum Gasteiger partial charge on any atom is 1.00 e. The van der Waals surface area contributed by atoms with E-state index in [-0.39, 0.29) is 36.0 Å². The maximum atomic E-state index is 10.1. The van der Waals surface area contributed by atoms with E-state index in [0.29, 0.717) is 13.0 Å². The summed E-state index contributed by atoms with van der Waals surface area (Å²) in [4.78, 5) is 10.1. The van der Waals surface area contributed by atoms with Crippen LogP contribution in [0.4, 0.5) is 0 Å². The van der Waals surface area contributed by atoms with Crippen LogP contribution in [0.1, 0.15) is 18.4 Å². The van der Waals surface area contributed by atoms with E-state index in [4.69, 9.17) is 4.74 Å². The van der Waals surface area contributed by atoms with Gasteiger partial charge in [0.05, 0.1) is 6.61 Å². The predicted molar refractivity (Wildman–Crippen MR) is 50.9 cm³/mol. The fraction of sp³-hybridized carbons (Fsp3) is 0.364. The molecule has 0 radical (unpaired) electrons. The van der Waals surface area contributed by atoms with Gasteiger partial charge in [-0.05, 0) is 31.9 Å². The Morgan fingerprint density at radius 1 is 1.33 bits per heavy atom. The molecule has 0 heterocycles. The maximum absolute atomic E-state index is 10.1. The summed E-state index contributed by atoms with van der Waals surface area (Å²) in [5.41, 5.74) is 1.17. The molecule has 0 bridgehead atoms. The molecule has 0 saturated heterocycles. The zero-order valence-corrected chi connectivity index (χ0v) is 11.2. The Morgan fingerprint density at radius 2 is 1.93 bits per heavy atom. The van der Waals surface area contributed by atoms with E-state index in [1.165, 1.54) is 5.56 Å². The van der Waals surface area contributed by atoms with Crippen LogP contribution in [0.25, 0.3) is 0 Å². The first kappa shape index (κ1) is 14.5. The molecule has 15 heavy (non-hydrogen) atoms. The van der Waals surface area contributed by atoms with Crippen molar-refractivity contribution in [1.29, 1.82) is 0 Å². The molecular formula is C11H13NaO3. The van der Waals surface area contributed by atoms with E-state index in [0.717, 1.165) is 5.75 Å². The van der Waals surface area contributed by atoms with Gasteiger partial charge in [-0.3, -0.25) is 0 Å². The quantitative estimate of drug-likeness (QED) is 0.419. The number of carboxylic acids is 1.